The van der Waals surface area contributed by atoms with E-state index in [9.17, 15) is 9.59 Å². The highest BCUT2D eigenvalue weighted by Gasteiger charge is 2.13. The lowest BCUT2D eigenvalue weighted by molar-refractivity contribution is 0.0479. The molecule has 0 amide bonds. The van der Waals surface area contributed by atoms with E-state index in [-0.39, 0.29) is 12.4 Å². The number of carbonyl (C=O) groups is 2. The fourth-order valence-corrected chi connectivity index (χ4v) is 2.44. The molecule has 5 heteroatoms. The van der Waals surface area contributed by atoms with Crippen molar-refractivity contribution in [3.05, 3.63) is 56.7 Å². The van der Waals surface area contributed by atoms with Crippen molar-refractivity contribution in [2.75, 3.05) is 6.61 Å². The Labute approximate surface area is 119 Å². The van der Waals surface area contributed by atoms with Crippen molar-refractivity contribution in [2.24, 2.45) is 0 Å². The van der Waals surface area contributed by atoms with Gasteiger partial charge in [-0.3, -0.25) is 4.79 Å². The molecular weight excluding hydrogens is 284 g/mol. The van der Waals surface area contributed by atoms with E-state index in [4.69, 9.17) is 16.3 Å². The molecule has 0 spiro atoms. The van der Waals surface area contributed by atoms with Gasteiger partial charge in [-0.05, 0) is 31.2 Å². The fraction of sp³-hybridized carbons (Fsp3) is 0.143. The zero-order valence-corrected chi connectivity index (χ0v) is 11.8. The number of benzene rings is 1. The zero-order valence-electron chi connectivity index (χ0n) is 10.2. The van der Waals surface area contributed by atoms with Crippen molar-refractivity contribution in [3.8, 4) is 0 Å². The van der Waals surface area contributed by atoms with Crippen LogP contribution in [-0.2, 0) is 4.74 Å². The van der Waals surface area contributed by atoms with E-state index in [1.165, 1.54) is 11.3 Å². The number of ether oxygens (including phenoxy) is 1. The molecule has 0 bridgehead atoms. The van der Waals surface area contributed by atoms with Crippen molar-refractivity contribution in [1.82, 2.24) is 0 Å². The minimum Gasteiger partial charge on any atom is -0.453 e. The summed E-state index contributed by atoms with van der Waals surface area (Å²) in [5, 5.41) is 0.478. The Balaban J connectivity index is 1.95. The number of hydrogen-bond acceptors (Lipinski definition) is 4. The van der Waals surface area contributed by atoms with Crippen LogP contribution in [0.25, 0.3) is 0 Å². The van der Waals surface area contributed by atoms with Gasteiger partial charge in [-0.2, -0.15) is 0 Å². The number of rotatable bonds is 4. The second-order valence-electron chi connectivity index (χ2n) is 3.92. The first-order valence-corrected chi connectivity index (χ1v) is 6.78. The molecule has 1 heterocycles. The predicted molar refractivity (Wildman–Crippen MR) is 75.1 cm³/mol. The summed E-state index contributed by atoms with van der Waals surface area (Å²) in [6, 6.07) is 10.1. The van der Waals surface area contributed by atoms with Gasteiger partial charge in [0.2, 0.25) is 0 Å². The lowest BCUT2D eigenvalue weighted by Crippen LogP contribution is -2.13. The molecule has 2 rings (SSSR count). The van der Waals surface area contributed by atoms with Gasteiger partial charge in [0, 0.05) is 15.5 Å². The first kappa shape index (κ1) is 13.8. The topological polar surface area (TPSA) is 43.4 Å². The lowest BCUT2D eigenvalue weighted by atomic mass is 10.1. The Hall–Kier alpha value is -1.65. The first-order valence-electron chi connectivity index (χ1n) is 5.58. The van der Waals surface area contributed by atoms with E-state index in [0.717, 1.165) is 4.88 Å². The summed E-state index contributed by atoms with van der Waals surface area (Å²) in [5.41, 5.74) is 0.433. The highest BCUT2D eigenvalue weighted by atomic mass is 35.5. The quantitative estimate of drug-likeness (QED) is 0.637. The summed E-state index contributed by atoms with van der Waals surface area (Å²) < 4.78 is 4.98. The van der Waals surface area contributed by atoms with Gasteiger partial charge in [0.1, 0.15) is 4.88 Å². The lowest BCUT2D eigenvalue weighted by Gasteiger charge is -2.03. The standard InChI is InChI=1S/C14H11ClO3S/c1-9-5-6-13(19-9)14(17)18-8-12(16)10-3-2-4-11(15)7-10/h2-7H,8H2,1H3. The number of hydrogen-bond donors (Lipinski definition) is 0. The molecule has 0 aliphatic carbocycles. The molecule has 98 valence electrons. The van der Waals surface area contributed by atoms with Gasteiger partial charge in [-0.15, -0.1) is 11.3 Å². The molecule has 0 fully saturated rings. The average molecular weight is 295 g/mol. The van der Waals surface area contributed by atoms with Gasteiger partial charge in [0.05, 0.1) is 0 Å². The van der Waals surface area contributed by atoms with Crippen LogP contribution < -0.4 is 0 Å². The van der Waals surface area contributed by atoms with Crippen molar-refractivity contribution < 1.29 is 14.3 Å². The van der Waals surface area contributed by atoms with Crippen LogP contribution in [0.3, 0.4) is 0 Å². The molecule has 0 unspecified atom stereocenters. The van der Waals surface area contributed by atoms with Gasteiger partial charge < -0.3 is 4.74 Å². The second-order valence-corrected chi connectivity index (χ2v) is 5.64. The zero-order chi connectivity index (χ0) is 13.8. The summed E-state index contributed by atoms with van der Waals surface area (Å²) >= 11 is 7.13. The Morgan fingerprint density at radius 3 is 2.68 bits per heavy atom. The van der Waals surface area contributed by atoms with Gasteiger partial charge in [0.25, 0.3) is 0 Å². The van der Waals surface area contributed by atoms with Crippen LogP contribution in [0.2, 0.25) is 5.02 Å². The molecule has 0 atom stereocenters. The van der Waals surface area contributed by atoms with E-state index >= 15 is 0 Å². The Morgan fingerprint density at radius 1 is 1.26 bits per heavy atom. The average Bonchev–Trinajstić information content (AvgIpc) is 2.82. The summed E-state index contributed by atoms with van der Waals surface area (Å²) in [4.78, 5) is 25.0. The van der Waals surface area contributed by atoms with Crippen molar-refractivity contribution in [1.29, 1.82) is 0 Å². The second kappa shape index (κ2) is 5.99. The highest BCUT2D eigenvalue weighted by Crippen LogP contribution is 2.16. The van der Waals surface area contributed by atoms with E-state index in [1.54, 1.807) is 30.3 Å². The van der Waals surface area contributed by atoms with Crippen molar-refractivity contribution in [2.45, 2.75) is 6.92 Å². The molecule has 0 N–H and O–H groups in total. The van der Waals surface area contributed by atoms with Crippen LogP contribution >= 0.6 is 22.9 Å². The SMILES string of the molecule is Cc1ccc(C(=O)OCC(=O)c2cccc(Cl)c2)s1. The van der Waals surface area contributed by atoms with Gasteiger partial charge in [0.15, 0.2) is 12.4 Å². The number of ketones is 1. The Bertz CT molecular complexity index is 619. The van der Waals surface area contributed by atoms with Crippen molar-refractivity contribution in [3.63, 3.8) is 0 Å². The molecule has 2 aromatic rings. The monoisotopic (exact) mass is 294 g/mol. The maximum Gasteiger partial charge on any atom is 0.348 e. The molecule has 0 saturated carbocycles. The van der Waals surface area contributed by atoms with Crippen LogP contribution in [0.4, 0.5) is 0 Å². The number of thiophene rings is 1. The molecule has 0 aliphatic rings. The molecular formula is C14H11ClO3S. The number of aryl methyl sites for hydroxylation is 1. The van der Waals surface area contributed by atoms with Gasteiger partial charge >= 0.3 is 5.97 Å². The van der Waals surface area contributed by atoms with E-state index in [2.05, 4.69) is 0 Å². The molecule has 0 saturated heterocycles. The number of halogens is 1. The normalized spacial score (nSPS) is 10.2. The van der Waals surface area contributed by atoms with E-state index in [1.807, 2.05) is 13.0 Å². The highest BCUT2D eigenvalue weighted by molar-refractivity contribution is 7.13. The molecule has 1 aromatic carbocycles. The fourth-order valence-electron chi connectivity index (χ4n) is 1.49. The number of carbonyl (C=O) groups excluding carboxylic acids is 2. The third-order valence-corrected chi connectivity index (χ3v) is 3.64. The third-order valence-electron chi connectivity index (χ3n) is 2.42. The smallest absolute Gasteiger partial charge is 0.348 e. The summed E-state index contributed by atoms with van der Waals surface area (Å²) in [5.74, 6) is -0.752. The molecule has 19 heavy (non-hydrogen) atoms. The largest absolute Gasteiger partial charge is 0.453 e. The molecule has 0 radical (unpaired) electrons. The van der Waals surface area contributed by atoms with E-state index < -0.39 is 5.97 Å². The van der Waals surface area contributed by atoms with Crippen LogP contribution in [0.1, 0.15) is 24.9 Å². The predicted octanol–water partition coefficient (Wildman–Crippen LogP) is 3.75. The Morgan fingerprint density at radius 2 is 2.05 bits per heavy atom. The molecule has 0 aliphatic heterocycles. The van der Waals surface area contributed by atoms with Crippen LogP contribution in [-0.4, -0.2) is 18.4 Å². The Kier molecular flexibility index (Phi) is 4.35. The van der Waals surface area contributed by atoms with Crippen molar-refractivity contribution >= 4 is 34.7 Å². The van der Waals surface area contributed by atoms with Gasteiger partial charge in [-0.25, -0.2) is 4.79 Å². The third kappa shape index (κ3) is 3.66. The molecule has 3 nitrogen and oxygen atoms in total. The van der Waals surface area contributed by atoms with Crippen LogP contribution in [0.5, 0.6) is 0 Å². The van der Waals surface area contributed by atoms with E-state index in [0.29, 0.717) is 15.5 Å². The minimum absolute atomic E-state index is 0.274. The van der Waals surface area contributed by atoms with Gasteiger partial charge in [-0.1, -0.05) is 23.7 Å². The summed E-state index contributed by atoms with van der Waals surface area (Å²) in [7, 11) is 0. The van der Waals surface area contributed by atoms with Crippen LogP contribution in [0.15, 0.2) is 36.4 Å². The summed E-state index contributed by atoms with van der Waals surface area (Å²) in [6.45, 7) is 1.62. The summed E-state index contributed by atoms with van der Waals surface area (Å²) in [6.07, 6.45) is 0. The first-order chi connectivity index (χ1) is 9.06. The number of Topliss-reactive ketones (excluding diaryl/α,β-unsaturated/α-hetero) is 1. The minimum atomic E-state index is -0.478. The molecule has 1 aromatic heterocycles. The van der Waals surface area contributed by atoms with Crippen LogP contribution in [0, 0.1) is 6.92 Å². The maximum absolute atomic E-state index is 11.8. The maximum atomic E-state index is 11.8. The number of esters is 1.